The van der Waals surface area contributed by atoms with Crippen molar-refractivity contribution in [3.05, 3.63) is 51.3 Å². The fourth-order valence-corrected chi connectivity index (χ4v) is 6.56. The first-order valence-electron chi connectivity index (χ1n) is 9.12. The first-order chi connectivity index (χ1) is 13.7. The van der Waals surface area contributed by atoms with E-state index in [0.29, 0.717) is 33.1 Å². The van der Waals surface area contributed by atoms with Gasteiger partial charge in [0.1, 0.15) is 0 Å². The molecule has 1 unspecified atom stereocenters. The van der Waals surface area contributed by atoms with Crippen LogP contribution < -0.4 is 5.43 Å². The molecule has 1 saturated heterocycles. The number of aliphatic imine (C=N–C) groups is 1. The monoisotopic (exact) mass is 470 g/mol. The number of nitrogens with one attached hydrogen (secondary N) is 1. The lowest BCUT2D eigenvalue weighted by Crippen LogP contribution is -2.25. The van der Waals surface area contributed by atoms with Crippen LogP contribution in [0.3, 0.4) is 0 Å². The molecular formula is C19H20Cl2N4O2S2. The van der Waals surface area contributed by atoms with Gasteiger partial charge in [0.25, 0.3) is 0 Å². The van der Waals surface area contributed by atoms with Crippen molar-refractivity contribution in [2.45, 2.75) is 26.3 Å². The highest BCUT2D eigenvalue weighted by Crippen LogP contribution is 2.31. The van der Waals surface area contributed by atoms with E-state index in [1.807, 2.05) is 13.8 Å². The van der Waals surface area contributed by atoms with E-state index in [9.17, 15) is 8.42 Å². The summed E-state index contributed by atoms with van der Waals surface area (Å²) < 4.78 is 25.9. The predicted octanol–water partition coefficient (Wildman–Crippen LogP) is 4.50. The summed E-state index contributed by atoms with van der Waals surface area (Å²) >= 11 is 13.5. The van der Waals surface area contributed by atoms with E-state index in [1.165, 1.54) is 0 Å². The van der Waals surface area contributed by atoms with Gasteiger partial charge >= 0.3 is 0 Å². The van der Waals surface area contributed by atoms with Crippen LogP contribution in [0.4, 0.5) is 5.69 Å². The van der Waals surface area contributed by atoms with Crippen LogP contribution in [-0.2, 0) is 9.84 Å². The van der Waals surface area contributed by atoms with Gasteiger partial charge in [-0.15, -0.1) is 0 Å². The van der Waals surface area contributed by atoms with Gasteiger partial charge in [-0.2, -0.15) is 5.10 Å². The maximum absolute atomic E-state index is 11.9. The van der Waals surface area contributed by atoms with E-state index in [1.54, 1.807) is 30.0 Å². The van der Waals surface area contributed by atoms with E-state index in [2.05, 4.69) is 26.2 Å². The number of rotatable bonds is 3. The number of nitrogens with zero attached hydrogens (tertiary/aromatic N) is 3. The largest absolute Gasteiger partial charge is 0.344 e. The molecule has 0 saturated carbocycles. The van der Waals surface area contributed by atoms with Crippen molar-refractivity contribution >= 4 is 61.4 Å². The molecule has 0 bridgehead atoms. The smallest absolute Gasteiger partial charge is 0.182 e. The fourth-order valence-electron chi connectivity index (χ4n) is 3.79. The molecule has 154 valence electrons. The van der Waals surface area contributed by atoms with E-state index in [0.717, 1.165) is 22.7 Å². The lowest BCUT2D eigenvalue weighted by Gasteiger charge is -2.18. The second-order valence-electron chi connectivity index (χ2n) is 7.19. The third kappa shape index (κ3) is 4.35. The molecule has 1 N–H and O–H groups in total. The minimum absolute atomic E-state index is 0.00493. The van der Waals surface area contributed by atoms with Gasteiger partial charge < -0.3 is 4.57 Å². The number of aryl methyl sites for hydroxylation is 1. The molecule has 0 amide bonds. The number of hydrazone groups is 1. The Bertz CT molecular complexity index is 1140. The summed E-state index contributed by atoms with van der Waals surface area (Å²) in [6, 6.07) is 7.31. The van der Waals surface area contributed by atoms with Gasteiger partial charge in [-0.25, -0.2) is 13.4 Å². The number of benzene rings is 1. The van der Waals surface area contributed by atoms with Gasteiger partial charge in [0.05, 0.1) is 33.0 Å². The van der Waals surface area contributed by atoms with Crippen molar-refractivity contribution in [3.8, 4) is 0 Å². The number of aromatic nitrogens is 1. The molecule has 0 radical (unpaired) electrons. The van der Waals surface area contributed by atoms with Crippen LogP contribution >= 0.6 is 35.0 Å². The SMILES string of the molecule is Cc1cc(C2=NNC(=Nc3ccc(Cl)c(Cl)c3)SC2)c(C)n1C1CCS(=O)(=O)C1. The van der Waals surface area contributed by atoms with Crippen molar-refractivity contribution < 1.29 is 8.42 Å². The number of hydrogen-bond acceptors (Lipinski definition) is 5. The Labute approximate surface area is 184 Å². The molecule has 29 heavy (non-hydrogen) atoms. The highest BCUT2D eigenvalue weighted by molar-refractivity contribution is 8.14. The van der Waals surface area contributed by atoms with Crippen LogP contribution in [0.1, 0.15) is 29.4 Å². The van der Waals surface area contributed by atoms with Gasteiger partial charge in [-0.05, 0) is 44.5 Å². The Hall–Kier alpha value is -1.48. The van der Waals surface area contributed by atoms with E-state index in [4.69, 9.17) is 23.2 Å². The van der Waals surface area contributed by atoms with E-state index < -0.39 is 9.84 Å². The predicted molar refractivity (Wildman–Crippen MR) is 122 cm³/mol. The quantitative estimate of drug-likeness (QED) is 0.716. The Balaban J connectivity index is 1.55. The normalized spacial score (nSPS) is 22.6. The lowest BCUT2D eigenvalue weighted by molar-refractivity contribution is 0.535. The third-order valence-electron chi connectivity index (χ3n) is 5.13. The summed E-state index contributed by atoms with van der Waals surface area (Å²) in [5.74, 6) is 1.14. The van der Waals surface area contributed by atoms with Crippen LogP contribution in [0.25, 0.3) is 0 Å². The fraction of sp³-hybridized carbons (Fsp3) is 0.368. The van der Waals surface area contributed by atoms with Crippen molar-refractivity contribution in [3.63, 3.8) is 0 Å². The highest BCUT2D eigenvalue weighted by atomic mass is 35.5. The zero-order chi connectivity index (χ0) is 20.8. The zero-order valence-corrected chi connectivity index (χ0v) is 19.1. The Kier molecular flexibility index (Phi) is 5.72. The highest BCUT2D eigenvalue weighted by Gasteiger charge is 2.31. The summed E-state index contributed by atoms with van der Waals surface area (Å²) in [7, 11) is -2.94. The van der Waals surface area contributed by atoms with Crippen molar-refractivity contribution in [1.29, 1.82) is 0 Å². The average molecular weight is 471 g/mol. The Morgan fingerprint density at radius 1 is 1.24 bits per heavy atom. The number of hydrogen-bond donors (Lipinski definition) is 1. The van der Waals surface area contributed by atoms with E-state index >= 15 is 0 Å². The van der Waals surface area contributed by atoms with Crippen LogP contribution in [0.15, 0.2) is 34.4 Å². The summed E-state index contributed by atoms with van der Waals surface area (Å²) in [5, 5.41) is 6.14. The molecule has 6 nitrogen and oxygen atoms in total. The second-order valence-corrected chi connectivity index (χ2v) is 11.2. The lowest BCUT2D eigenvalue weighted by atomic mass is 10.1. The molecule has 10 heteroatoms. The van der Waals surface area contributed by atoms with Crippen LogP contribution in [0.5, 0.6) is 0 Å². The van der Waals surface area contributed by atoms with Crippen molar-refractivity contribution in [2.24, 2.45) is 10.1 Å². The molecular weight excluding hydrogens is 451 g/mol. The standard InChI is InChI=1S/C19H20Cl2N4O2S2/c1-11-7-15(12(2)25(11)14-5-6-29(26,27)10-14)18-9-28-19(24-23-18)22-13-3-4-16(20)17(21)8-13/h3-4,7-8,14H,5-6,9-10H2,1-2H3,(H,22,24). The summed E-state index contributed by atoms with van der Waals surface area (Å²) in [4.78, 5) is 4.52. The molecule has 1 aromatic carbocycles. The Morgan fingerprint density at radius 3 is 2.66 bits per heavy atom. The molecule has 1 atom stereocenters. The molecule has 4 rings (SSSR count). The van der Waals surface area contributed by atoms with E-state index in [-0.39, 0.29) is 17.5 Å². The first-order valence-corrected chi connectivity index (χ1v) is 12.7. The molecule has 2 aliphatic rings. The minimum Gasteiger partial charge on any atom is -0.344 e. The molecule has 1 aromatic heterocycles. The molecule has 3 heterocycles. The number of sulfone groups is 1. The van der Waals surface area contributed by atoms with Crippen LogP contribution in [-0.4, -0.2) is 41.1 Å². The number of amidine groups is 1. The third-order valence-corrected chi connectivity index (χ3v) is 8.50. The molecule has 2 aromatic rings. The van der Waals surface area contributed by atoms with Gasteiger partial charge in [-0.1, -0.05) is 35.0 Å². The second kappa shape index (κ2) is 7.98. The summed E-state index contributed by atoms with van der Waals surface area (Å²) in [6.07, 6.45) is 0.665. The number of halogens is 2. The van der Waals surface area contributed by atoms with Crippen LogP contribution in [0.2, 0.25) is 10.0 Å². The molecule has 2 aliphatic heterocycles. The minimum atomic E-state index is -2.94. The molecule has 0 spiro atoms. The summed E-state index contributed by atoms with van der Waals surface area (Å²) in [6.45, 7) is 4.04. The maximum Gasteiger partial charge on any atom is 0.182 e. The Morgan fingerprint density at radius 2 is 2.03 bits per heavy atom. The van der Waals surface area contributed by atoms with Gasteiger partial charge in [-0.3, -0.25) is 5.43 Å². The topological polar surface area (TPSA) is 75.8 Å². The number of thioether (sulfide) groups is 1. The van der Waals surface area contributed by atoms with Gasteiger partial charge in [0, 0.05) is 28.7 Å². The van der Waals surface area contributed by atoms with Crippen LogP contribution in [0, 0.1) is 13.8 Å². The molecule has 0 aliphatic carbocycles. The zero-order valence-electron chi connectivity index (χ0n) is 15.9. The van der Waals surface area contributed by atoms with Gasteiger partial charge in [0.15, 0.2) is 15.0 Å². The van der Waals surface area contributed by atoms with Crippen molar-refractivity contribution in [1.82, 2.24) is 9.99 Å². The van der Waals surface area contributed by atoms with Gasteiger partial charge in [0.2, 0.25) is 0 Å². The summed E-state index contributed by atoms with van der Waals surface area (Å²) in [5.41, 5.74) is 7.78. The maximum atomic E-state index is 11.9. The average Bonchev–Trinajstić information content (AvgIpc) is 3.17. The van der Waals surface area contributed by atoms with Crippen molar-refractivity contribution in [2.75, 3.05) is 17.3 Å². The molecule has 1 fully saturated rings. The first kappa shape index (κ1) is 20.8.